The van der Waals surface area contributed by atoms with Gasteiger partial charge in [-0.1, -0.05) is 0 Å². The van der Waals surface area contributed by atoms with E-state index in [2.05, 4.69) is 4.99 Å². The van der Waals surface area contributed by atoms with Crippen molar-refractivity contribution >= 4 is 11.9 Å². The lowest BCUT2D eigenvalue weighted by Gasteiger charge is -2.16. The number of ether oxygens (including phenoxy) is 1. The molecule has 0 radical (unpaired) electrons. The lowest BCUT2D eigenvalue weighted by atomic mass is 9.99. The van der Waals surface area contributed by atoms with E-state index in [4.69, 9.17) is 9.84 Å². The first kappa shape index (κ1) is 8.04. The van der Waals surface area contributed by atoms with E-state index >= 15 is 0 Å². The number of carbonyl (C=O) groups is 1. The molecule has 1 heterocycles. The molecule has 4 nitrogen and oxygen atoms in total. The molecule has 1 aliphatic rings. The molecule has 0 fully saturated rings. The van der Waals surface area contributed by atoms with Gasteiger partial charge in [0, 0.05) is 13.0 Å². The summed E-state index contributed by atoms with van der Waals surface area (Å²) in [7, 11) is 1.52. The van der Waals surface area contributed by atoms with Crippen molar-refractivity contribution in [1.29, 1.82) is 0 Å². The maximum Gasteiger partial charge on any atom is 0.307 e. The van der Waals surface area contributed by atoms with Gasteiger partial charge in [-0.15, -0.1) is 0 Å². The van der Waals surface area contributed by atoms with Crippen molar-refractivity contribution in [3.63, 3.8) is 0 Å². The SMILES string of the molecule is COC1=NCCC(C(=O)O)C1. The highest BCUT2D eigenvalue weighted by Gasteiger charge is 2.23. The van der Waals surface area contributed by atoms with Gasteiger partial charge in [-0.25, -0.2) is 0 Å². The number of carboxylic acid groups (broad SMARTS) is 1. The number of rotatable bonds is 1. The molecule has 0 spiro atoms. The van der Waals surface area contributed by atoms with Crippen LogP contribution in [0.4, 0.5) is 0 Å². The Morgan fingerprint density at radius 3 is 3.09 bits per heavy atom. The monoisotopic (exact) mass is 157 g/mol. The van der Waals surface area contributed by atoms with Crippen molar-refractivity contribution < 1.29 is 14.6 Å². The van der Waals surface area contributed by atoms with Crippen molar-refractivity contribution in [3.05, 3.63) is 0 Å². The van der Waals surface area contributed by atoms with Crippen LogP contribution in [-0.2, 0) is 9.53 Å². The fourth-order valence-corrected chi connectivity index (χ4v) is 1.08. The molecule has 0 aliphatic carbocycles. The summed E-state index contributed by atoms with van der Waals surface area (Å²) in [5, 5.41) is 8.64. The zero-order valence-electron chi connectivity index (χ0n) is 6.41. The summed E-state index contributed by atoms with van der Waals surface area (Å²) >= 11 is 0. The normalized spacial score (nSPS) is 24.1. The Labute approximate surface area is 64.9 Å². The lowest BCUT2D eigenvalue weighted by Crippen LogP contribution is -2.23. The zero-order chi connectivity index (χ0) is 8.27. The van der Waals surface area contributed by atoms with Crippen LogP contribution >= 0.6 is 0 Å². The molecule has 0 aromatic heterocycles. The number of methoxy groups -OCH3 is 1. The Bertz CT molecular complexity index is 188. The summed E-state index contributed by atoms with van der Waals surface area (Å²) in [5.74, 6) is -0.499. The minimum Gasteiger partial charge on any atom is -0.484 e. The molecule has 0 saturated carbocycles. The highest BCUT2D eigenvalue weighted by molar-refractivity contribution is 5.83. The summed E-state index contributed by atoms with van der Waals surface area (Å²) in [4.78, 5) is 14.5. The molecule has 1 aliphatic heterocycles. The van der Waals surface area contributed by atoms with Crippen LogP contribution in [0, 0.1) is 5.92 Å². The first-order valence-electron chi connectivity index (χ1n) is 3.54. The molecular weight excluding hydrogens is 146 g/mol. The van der Waals surface area contributed by atoms with Crippen molar-refractivity contribution in [1.82, 2.24) is 0 Å². The first-order valence-corrected chi connectivity index (χ1v) is 3.54. The maximum atomic E-state index is 10.5. The number of hydrogen-bond acceptors (Lipinski definition) is 3. The lowest BCUT2D eigenvalue weighted by molar-refractivity contribution is -0.141. The molecule has 1 N–H and O–H groups in total. The molecule has 0 amide bonds. The van der Waals surface area contributed by atoms with E-state index < -0.39 is 5.97 Å². The van der Waals surface area contributed by atoms with Gasteiger partial charge in [-0.3, -0.25) is 9.79 Å². The Kier molecular flexibility index (Phi) is 2.46. The van der Waals surface area contributed by atoms with Gasteiger partial charge in [-0.05, 0) is 6.42 Å². The third-order valence-corrected chi connectivity index (χ3v) is 1.77. The number of aliphatic imine (C=N–C) groups is 1. The fourth-order valence-electron chi connectivity index (χ4n) is 1.08. The average molecular weight is 157 g/mol. The quantitative estimate of drug-likeness (QED) is 0.603. The second-order valence-corrected chi connectivity index (χ2v) is 2.51. The van der Waals surface area contributed by atoms with Crippen LogP contribution in [0.5, 0.6) is 0 Å². The van der Waals surface area contributed by atoms with Crippen molar-refractivity contribution in [3.8, 4) is 0 Å². The molecular formula is C7H11NO3. The van der Waals surface area contributed by atoms with Gasteiger partial charge in [0.25, 0.3) is 0 Å². The van der Waals surface area contributed by atoms with E-state index in [9.17, 15) is 4.79 Å². The van der Waals surface area contributed by atoms with Crippen molar-refractivity contribution in [2.45, 2.75) is 12.8 Å². The highest BCUT2D eigenvalue weighted by atomic mass is 16.5. The Morgan fingerprint density at radius 1 is 1.82 bits per heavy atom. The molecule has 62 valence electrons. The van der Waals surface area contributed by atoms with Crippen molar-refractivity contribution in [2.75, 3.05) is 13.7 Å². The zero-order valence-corrected chi connectivity index (χ0v) is 6.41. The third-order valence-electron chi connectivity index (χ3n) is 1.77. The number of hydrogen-bond donors (Lipinski definition) is 1. The molecule has 4 heteroatoms. The molecule has 1 atom stereocenters. The second kappa shape index (κ2) is 3.37. The summed E-state index contributed by atoms with van der Waals surface area (Å²) in [5.41, 5.74) is 0. The number of aliphatic carboxylic acids is 1. The van der Waals surface area contributed by atoms with Gasteiger partial charge < -0.3 is 9.84 Å². The average Bonchev–Trinajstić information content (AvgIpc) is 2.05. The standard InChI is InChI=1S/C7H11NO3/c1-11-6-4-5(7(9)10)2-3-8-6/h5H,2-4H2,1H3,(H,9,10). The van der Waals surface area contributed by atoms with E-state index in [0.717, 1.165) is 0 Å². The molecule has 0 saturated heterocycles. The van der Waals surface area contributed by atoms with Crippen LogP contribution in [0.25, 0.3) is 0 Å². The van der Waals surface area contributed by atoms with Crippen LogP contribution in [0.15, 0.2) is 4.99 Å². The number of nitrogens with zero attached hydrogens (tertiary/aromatic N) is 1. The molecule has 0 aromatic rings. The van der Waals surface area contributed by atoms with Gasteiger partial charge >= 0.3 is 5.97 Å². The largest absolute Gasteiger partial charge is 0.484 e. The molecule has 0 aromatic carbocycles. The smallest absolute Gasteiger partial charge is 0.307 e. The summed E-state index contributed by atoms with van der Waals surface area (Å²) in [6.07, 6.45) is 1.06. The van der Waals surface area contributed by atoms with Crippen LogP contribution in [-0.4, -0.2) is 30.6 Å². The van der Waals surface area contributed by atoms with Gasteiger partial charge in [0.05, 0.1) is 13.0 Å². The molecule has 11 heavy (non-hydrogen) atoms. The van der Waals surface area contributed by atoms with Crippen LogP contribution in [0.3, 0.4) is 0 Å². The minimum absolute atomic E-state index is 0.303. The first-order chi connectivity index (χ1) is 5.24. The predicted octanol–water partition coefficient (Wildman–Crippen LogP) is 0.526. The van der Waals surface area contributed by atoms with E-state index in [1.807, 2.05) is 0 Å². The highest BCUT2D eigenvalue weighted by Crippen LogP contribution is 2.15. The van der Waals surface area contributed by atoms with E-state index in [1.165, 1.54) is 7.11 Å². The molecule has 1 unspecified atom stereocenters. The Morgan fingerprint density at radius 2 is 2.55 bits per heavy atom. The van der Waals surface area contributed by atoms with E-state index in [-0.39, 0.29) is 5.92 Å². The summed E-state index contributed by atoms with van der Waals surface area (Å²) in [6.45, 7) is 0.570. The Balaban J connectivity index is 2.53. The van der Waals surface area contributed by atoms with Gasteiger partial charge in [0.15, 0.2) is 5.90 Å². The maximum absolute atomic E-state index is 10.5. The second-order valence-electron chi connectivity index (χ2n) is 2.51. The summed E-state index contributed by atoms with van der Waals surface area (Å²) < 4.78 is 4.86. The van der Waals surface area contributed by atoms with Crippen LogP contribution in [0.1, 0.15) is 12.8 Å². The summed E-state index contributed by atoms with van der Waals surface area (Å²) in [6, 6.07) is 0. The van der Waals surface area contributed by atoms with E-state index in [1.54, 1.807) is 0 Å². The van der Waals surface area contributed by atoms with Crippen LogP contribution in [0.2, 0.25) is 0 Å². The molecule has 1 rings (SSSR count). The Hall–Kier alpha value is -1.06. The fraction of sp³-hybridized carbons (Fsp3) is 0.714. The van der Waals surface area contributed by atoms with Gasteiger partial charge in [-0.2, -0.15) is 0 Å². The third kappa shape index (κ3) is 1.93. The minimum atomic E-state index is -0.755. The van der Waals surface area contributed by atoms with Crippen LogP contribution < -0.4 is 0 Å². The molecule has 0 bridgehead atoms. The van der Waals surface area contributed by atoms with Gasteiger partial charge in [0.1, 0.15) is 0 Å². The van der Waals surface area contributed by atoms with Gasteiger partial charge in [0.2, 0.25) is 0 Å². The topological polar surface area (TPSA) is 58.9 Å². The van der Waals surface area contributed by atoms with Crippen molar-refractivity contribution in [2.24, 2.45) is 10.9 Å². The predicted molar refractivity (Wildman–Crippen MR) is 39.7 cm³/mol. The number of carboxylic acids is 1. The van der Waals surface area contributed by atoms with E-state index in [0.29, 0.717) is 25.3 Å².